The molecule has 2 aromatic rings. The Morgan fingerprint density at radius 1 is 1.06 bits per heavy atom. The van der Waals surface area contributed by atoms with Gasteiger partial charge in [0.25, 0.3) is 5.91 Å². The van der Waals surface area contributed by atoms with Gasteiger partial charge in [0, 0.05) is 24.5 Å². The van der Waals surface area contributed by atoms with E-state index in [1.165, 1.54) is 12.8 Å². The van der Waals surface area contributed by atoms with Gasteiger partial charge in [-0.3, -0.25) is 9.59 Å². The maximum absolute atomic E-state index is 14.0. The fraction of sp³-hybridized carbons (Fsp3) is 0.615. The number of likely N-dealkylation sites (tertiary alicyclic amines) is 1. The zero-order valence-electron chi connectivity index (χ0n) is 20.6. The van der Waals surface area contributed by atoms with Crippen molar-refractivity contribution in [3.63, 3.8) is 0 Å². The number of nitrogens with zero attached hydrogens (tertiary/aromatic N) is 3. The van der Waals surface area contributed by atoms with Crippen LogP contribution in [0.15, 0.2) is 18.2 Å². The molecule has 1 saturated heterocycles. The Balaban J connectivity index is 1.56. The second kappa shape index (κ2) is 9.13. The second-order valence-electron chi connectivity index (χ2n) is 10.1. The van der Waals surface area contributed by atoms with Crippen molar-refractivity contribution >= 4 is 22.7 Å². The summed E-state index contributed by atoms with van der Waals surface area (Å²) in [6, 6.07) is 5.79. The fourth-order valence-electron chi connectivity index (χ4n) is 5.96. The average Bonchev–Trinajstić information content (AvgIpc) is 3.60. The molecule has 3 aliphatic rings. The van der Waals surface area contributed by atoms with Crippen LogP contribution in [0, 0.1) is 0 Å². The Morgan fingerprint density at radius 2 is 1.74 bits per heavy atom. The van der Waals surface area contributed by atoms with Gasteiger partial charge in [0.15, 0.2) is 0 Å². The monoisotopic (exact) mass is 468 g/mol. The van der Waals surface area contributed by atoms with Gasteiger partial charge >= 0.3 is 0 Å². The number of amides is 2. The first-order valence-corrected chi connectivity index (χ1v) is 12.6. The molecule has 0 radical (unpaired) electrons. The van der Waals surface area contributed by atoms with E-state index in [1.807, 2.05) is 34.6 Å². The maximum atomic E-state index is 14.0. The molecule has 1 aromatic carbocycles. The highest BCUT2D eigenvalue weighted by Gasteiger charge is 2.48. The van der Waals surface area contributed by atoms with Crippen LogP contribution < -0.4 is 14.8 Å². The molecule has 2 amide bonds. The van der Waals surface area contributed by atoms with E-state index in [0.29, 0.717) is 30.3 Å². The molecule has 0 spiro atoms. The summed E-state index contributed by atoms with van der Waals surface area (Å²) in [7, 11) is 3.25. The van der Waals surface area contributed by atoms with Crippen molar-refractivity contribution in [1.29, 1.82) is 0 Å². The molecule has 1 aromatic heterocycles. The second-order valence-corrected chi connectivity index (χ2v) is 10.1. The summed E-state index contributed by atoms with van der Waals surface area (Å²) in [4.78, 5) is 32.0. The topological polar surface area (TPSA) is 76.0 Å². The minimum Gasteiger partial charge on any atom is -0.496 e. The van der Waals surface area contributed by atoms with Gasteiger partial charge < -0.3 is 29.2 Å². The number of methoxy groups -OCH3 is 2. The van der Waals surface area contributed by atoms with Crippen LogP contribution in [0.4, 0.5) is 0 Å². The van der Waals surface area contributed by atoms with Gasteiger partial charge in [-0.15, -0.1) is 0 Å². The number of benzene rings is 1. The zero-order chi connectivity index (χ0) is 23.9. The molecule has 1 N–H and O–H groups in total. The summed E-state index contributed by atoms with van der Waals surface area (Å²) in [5.41, 5.74) is 0.376. The van der Waals surface area contributed by atoms with Gasteiger partial charge in [0.1, 0.15) is 22.7 Å². The van der Waals surface area contributed by atoms with Crippen molar-refractivity contribution < 1.29 is 19.1 Å². The molecule has 1 saturated carbocycles. The molecular formula is C26H36N4O4. The van der Waals surface area contributed by atoms with Crippen molar-refractivity contribution in [3.05, 3.63) is 23.9 Å². The number of carbonyl (C=O) groups excluding carboxylic acids is 2. The minimum atomic E-state index is -0.994. The summed E-state index contributed by atoms with van der Waals surface area (Å²) in [5, 5.41) is 4.10. The summed E-state index contributed by atoms with van der Waals surface area (Å²) in [6.45, 7) is 5.72. The number of ether oxygens (including phenoxy) is 2. The Kier molecular flexibility index (Phi) is 6.18. The molecule has 8 nitrogen and oxygen atoms in total. The molecule has 0 unspecified atom stereocenters. The van der Waals surface area contributed by atoms with Gasteiger partial charge in [-0.1, -0.05) is 12.8 Å². The predicted octanol–water partition coefficient (Wildman–Crippen LogP) is 3.03. The van der Waals surface area contributed by atoms with Crippen molar-refractivity contribution in [1.82, 2.24) is 19.7 Å². The lowest BCUT2D eigenvalue weighted by atomic mass is 9.94. The molecule has 2 fully saturated rings. The van der Waals surface area contributed by atoms with Gasteiger partial charge in [-0.05, 0) is 63.9 Å². The Hall–Kier alpha value is -2.74. The summed E-state index contributed by atoms with van der Waals surface area (Å²) >= 11 is 0. The zero-order valence-corrected chi connectivity index (χ0v) is 20.6. The number of nitrogens with one attached hydrogen (secondary N) is 1. The number of hydrogen-bond acceptors (Lipinski definition) is 5. The lowest BCUT2D eigenvalue weighted by molar-refractivity contribution is -0.133. The molecule has 2 aliphatic heterocycles. The third-order valence-corrected chi connectivity index (χ3v) is 7.97. The largest absolute Gasteiger partial charge is 0.496 e. The first-order chi connectivity index (χ1) is 16.5. The van der Waals surface area contributed by atoms with E-state index in [-0.39, 0.29) is 17.9 Å². The summed E-state index contributed by atoms with van der Waals surface area (Å²) < 4.78 is 13.2. The molecule has 8 heteroatoms. The highest BCUT2D eigenvalue weighted by atomic mass is 16.5. The van der Waals surface area contributed by atoms with Crippen LogP contribution in [0.1, 0.15) is 55.9 Å². The molecule has 1 atom stereocenters. The summed E-state index contributed by atoms with van der Waals surface area (Å²) in [6.07, 6.45) is 6.69. The van der Waals surface area contributed by atoms with Crippen LogP contribution >= 0.6 is 0 Å². The lowest BCUT2D eigenvalue weighted by Gasteiger charge is -2.45. The quantitative estimate of drug-likeness (QED) is 0.676. The van der Waals surface area contributed by atoms with Gasteiger partial charge in [-0.2, -0.15) is 0 Å². The Bertz CT molecular complexity index is 1080. The van der Waals surface area contributed by atoms with Crippen LogP contribution in [0.25, 0.3) is 10.9 Å². The van der Waals surface area contributed by atoms with E-state index < -0.39 is 5.54 Å². The van der Waals surface area contributed by atoms with E-state index in [4.69, 9.17) is 9.47 Å². The molecular weight excluding hydrogens is 432 g/mol. The summed E-state index contributed by atoms with van der Waals surface area (Å²) in [5.74, 6) is 1.17. The van der Waals surface area contributed by atoms with Crippen LogP contribution in [-0.4, -0.2) is 78.2 Å². The fourth-order valence-corrected chi connectivity index (χ4v) is 5.96. The highest BCUT2D eigenvalue weighted by molar-refractivity contribution is 6.06. The SMILES string of the molecule is COc1ccc(OC)c2c1cc1n2C[C@@](C)(C(=O)NC2CCCC2)N(CCN2CCCC2)C1=O. The number of carbonyl (C=O) groups is 2. The molecule has 0 bridgehead atoms. The standard InChI is InChI=1S/C26H36N4O4/c1-26(25(32)27-18-8-4-5-9-18)17-29-20(24(31)30(26)15-14-28-12-6-7-13-28)16-19-21(33-2)10-11-22(34-3)23(19)29/h10-11,16,18H,4-9,12-15,17H2,1-3H3,(H,27,32)/t26-/m0/s1. The minimum absolute atomic E-state index is 0.0662. The molecule has 5 rings (SSSR count). The van der Waals surface area contributed by atoms with Crippen molar-refractivity contribution in [2.75, 3.05) is 40.4 Å². The normalized spacial score (nSPS) is 23.5. The first kappa shape index (κ1) is 23.0. The molecule has 184 valence electrons. The van der Waals surface area contributed by atoms with Gasteiger partial charge in [0.2, 0.25) is 5.91 Å². The van der Waals surface area contributed by atoms with E-state index in [2.05, 4.69) is 10.2 Å². The maximum Gasteiger partial charge on any atom is 0.271 e. The highest BCUT2D eigenvalue weighted by Crippen LogP contribution is 2.40. The van der Waals surface area contributed by atoms with Gasteiger partial charge in [0.05, 0.1) is 26.3 Å². The third kappa shape index (κ3) is 3.82. The van der Waals surface area contributed by atoms with Gasteiger partial charge in [-0.25, -0.2) is 0 Å². The number of aromatic nitrogens is 1. The molecule has 3 heterocycles. The van der Waals surface area contributed by atoms with Crippen molar-refractivity contribution in [2.24, 2.45) is 0 Å². The van der Waals surface area contributed by atoms with E-state index in [0.717, 1.165) is 56.2 Å². The van der Waals surface area contributed by atoms with Crippen LogP contribution in [0.3, 0.4) is 0 Å². The van der Waals surface area contributed by atoms with Crippen molar-refractivity contribution in [2.45, 2.75) is 63.6 Å². The number of fused-ring (bicyclic) bond motifs is 3. The lowest BCUT2D eigenvalue weighted by Crippen LogP contribution is -2.65. The number of rotatable bonds is 7. The Labute approximate surface area is 201 Å². The smallest absolute Gasteiger partial charge is 0.271 e. The van der Waals surface area contributed by atoms with E-state index in [9.17, 15) is 9.59 Å². The van der Waals surface area contributed by atoms with Crippen molar-refractivity contribution in [3.8, 4) is 11.5 Å². The number of hydrogen-bond donors (Lipinski definition) is 1. The first-order valence-electron chi connectivity index (χ1n) is 12.6. The Morgan fingerprint density at radius 3 is 2.41 bits per heavy atom. The van der Waals surface area contributed by atoms with Crippen LogP contribution in [0.2, 0.25) is 0 Å². The van der Waals surface area contributed by atoms with Crippen LogP contribution in [-0.2, 0) is 11.3 Å². The third-order valence-electron chi connectivity index (χ3n) is 7.97. The van der Waals surface area contributed by atoms with E-state index in [1.54, 1.807) is 14.2 Å². The molecule has 34 heavy (non-hydrogen) atoms. The average molecular weight is 469 g/mol. The molecule has 1 aliphatic carbocycles. The predicted molar refractivity (Wildman–Crippen MR) is 131 cm³/mol. The van der Waals surface area contributed by atoms with E-state index >= 15 is 0 Å². The van der Waals surface area contributed by atoms with Crippen LogP contribution in [0.5, 0.6) is 11.5 Å².